The second kappa shape index (κ2) is 4.69. The monoisotopic (exact) mass is 309 g/mol. The van der Waals surface area contributed by atoms with Gasteiger partial charge in [-0.2, -0.15) is 0 Å². The lowest BCUT2D eigenvalue weighted by atomic mass is 10.2. The van der Waals surface area contributed by atoms with Gasteiger partial charge in [0, 0.05) is 11.9 Å². The molecule has 0 saturated heterocycles. The molecule has 6 nitrogen and oxygen atoms in total. The topological polar surface area (TPSA) is 85.1 Å². The van der Waals surface area contributed by atoms with Crippen molar-refractivity contribution in [1.29, 1.82) is 0 Å². The minimum atomic E-state index is -1.27. The van der Waals surface area contributed by atoms with Crippen molar-refractivity contribution in [2.24, 2.45) is 0 Å². The highest BCUT2D eigenvalue weighted by molar-refractivity contribution is 9.10. The maximum atomic E-state index is 11.7. The lowest BCUT2D eigenvalue weighted by Crippen LogP contribution is -2.20. The Labute approximate surface area is 110 Å². The van der Waals surface area contributed by atoms with Gasteiger partial charge in [-0.15, -0.1) is 0 Å². The van der Waals surface area contributed by atoms with Crippen LogP contribution in [0.15, 0.2) is 34.2 Å². The molecule has 7 heteroatoms. The summed E-state index contributed by atoms with van der Waals surface area (Å²) in [6, 6.07) is 0. The van der Waals surface area contributed by atoms with E-state index in [4.69, 9.17) is 5.11 Å². The van der Waals surface area contributed by atoms with E-state index in [1.807, 2.05) is 0 Å². The average molecular weight is 310 g/mol. The van der Waals surface area contributed by atoms with Crippen LogP contribution in [0.3, 0.4) is 0 Å². The van der Waals surface area contributed by atoms with Gasteiger partial charge in [-0.05, 0) is 22.9 Å². The van der Waals surface area contributed by atoms with E-state index in [0.717, 1.165) is 0 Å². The number of halogens is 1. The molecule has 0 unspecified atom stereocenters. The van der Waals surface area contributed by atoms with E-state index < -0.39 is 11.4 Å². The van der Waals surface area contributed by atoms with E-state index in [9.17, 15) is 9.59 Å². The summed E-state index contributed by atoms with van der Waals surface area (Å²) in [4.78, 5) is 30.5. The summed E-state index contributed by atoms with van der Waals surface area (Å²) < 4.78 is 1.76. The molecule has 0 spiro atoms. The summed E-state index contributed by atoms with van der Waals surface area (Å²) in [5.41, 5.74) is 0.308. The van der Waals surface area contributed by atoms with Gasteiger partial charge in [0.25, 0.3) is 0 Å². The molecule has 0 aliphatic carbocycles. The Hall–Kier alpha value is -2.02. The van der Waals surface area contributed by atoms with Crippen LogP contribution in [0.5, 0.6) is 0 Å². The van der Waals surface area contributed by atoms with Crippen LogP contribution in [0.4, 0.5) is 0 Å². The lowest BCUT2D eigenvalue weighted by Gasteiger charge is -2.12. The van der Waals surface area contributed by atoms with Gasteiger partial charge in [0.2, 0.25) is 5.43 Å². The highest BCUT2D eigenvalue weighted by Gasteiger charge is 2.16. The molecule has 2 aromatic rings. The molecule has 0 amide bonds. The molecule has 18 heavy (non-hydrogen) atoms. The van der Waals surface area contributed by atoms with Crippen molar-refractivity contribution in [2.45, 2.75) is 6.92 Å². The van der Waals surface area contributed by atoms with Crippen LogP contribution < -0.4 is 5.43 Å². The number of nitrogens with zero attached hydrogens (tertiary/aromatic N) is 3. The summed E-state index contributed by atoms with van der Waals surface area (Å²) in [6.45, 7) is 1.70. The number of aromatic carboxylic acids is 1. The SMILES string of the molecule is Cc1c(Br)c(=O)c(C(=O)O)cn1-c1cncnc1. The maximum Gasteiger partial charge on any atom is 0.341 e. The number of carbonyl (C=O) groups is 1. The van der Waals surface area contributed by atoms with Crippen molar-refractivity contribution >= 4 is 21.9 Å². The molecule has 92 valence electrons. The number of carboxylic acids is 1. The predicted molar refractivity (Wildman–Crippen MR) is 67.0 cm³/mol. The fourth-order valence-electron chi connectivity index (χ4n) is 1.51. The third kappa shape index (κ3) is 2.04. The minimum absolute atomic E-state index is 0.214. The fraction of sp³-hybridized carbons (Fsp3) is 0.0909. The molecule has 0 aliphatic rings. The molecular formula is C11H8BrN3O3. The summed E-state index contributed by atoms with van der Waals surface area (Å²) in [6.07, 6.45) is 5.70. The van der Waals surface area contributed by atoms with E-state index in [0.29, 0.717) is 11.4 Å². The summed E-state index contributed by atoms with van der Waals surface area (Å²) in [7, 11) is 0. The van der Waals surface area contributed by atoms with E-state index in [1.165, 1.54) is 24.9 Å². The summed E-state index contributed by atoms with van der Waals surface area (Å²) in [5, 5.41) is 8.99. The molecule has 0 radical (unpaired) electrons. The van der Waals surface area contributed by atoms with Crippen molar-refractivity contribution in [2.75, 3.05) is 0 Å². The van der Waals surface area contributed by atoms with Crippen LogP contribution in [0, 0.1) is 6.92 Å². The van der Waals surface area contributed by atoms with Crippen molar-refractivity contribution in [3.8, 4) is 5.69 Å². The highest BCUT2D eigenvalue weighted by Crippen LogP contribution is 2.16. The van der Waals surface area contributed by atoms with Gasteiger partial charge in [-0.1, -0.05) is 0 Å². The van der Waals surface area contributed by atoms with Crippen LogP contribution in [-0.4, -0.2) is 25.6 Å². The maximum absolute atomic E-state index is 11.7. The first kappa shape index (κ1) is 12.4. The Kier molecular flexibility index (Phi) is 3.24. The second-order valence-corrected chi connectivity index (χ2v) is 4.34. The van der Waals surface area contributed by atoms with Crippen molar-refractivity contribution in [3.63, 3.8) is 0 Å². The average Bonchev–Trinajstić information content (AvgIpc) is 2.37. The van der Waals surface area contributed by atoms with E-state index in [2.05, 4.69) is 25.9 Å². The molecule has 0 saturated carbocycles. The third-order valence-corrected chi connectivity index (χ3v) is 3.37. The van der Waals surface area contributed by atoms with Gasteiger partial charge in [0.1, 0.15) is 11.9 Å². The normalized spacial score (nSPS) is 10.3. The van der Waals surface area contributed by atoms with Gasteiger partial charge >= 0.3 is 5.97 Å². The Morgan fingerprint density at radius 3 is 2.56 bits per heavy atom. The third-order valence-electron chi connectivity index (χ3n) is 2.44. The quantitative estimate of drug-likeness (QED) is 0.906. The summed E-state index contributed by atoms with van der Waals surface area (Å²) in [5.74, 6) is -1.27. The second-order valence-electron chi connectivity index (χ2n) is 3.54. The molecule has 1 N–H and O–H groups in total. The smallest absolute Gasteiger partial charge is 0.341 e. The van der Waals surface area contributed by atoms with Gasteiger partial charge in [-0.25, -0.2) is 14.8 Å². The standard InChI is InChI=1S/C11H8BrN3O3/c1-6-9(12)10(16)8(11(17)18)4-15(6)7-2-13-5-14-3-7/h2-5H,1H3,(H,17,18). The predicted octanol–water partition coefficient (Wildman–Crippen LogP) is 1.40. The van der Waals surface area contributed by atoms with E-state index >= 15 is 0 Å². The number of pyridine rings is 1. The molecule has 0 bridgehead atoms. The van der Waals surface area contributed by atoms with Crippen LogP contribution in [0.1, 0.15) is 16.1 Å². The first-order chi connectivity index (χ1) is 8.52. The van der Waals surface area contributed by atoms with Crippen LogP contribution >= 0.6 is 15.9 Å². The molecule has 0 aliphatic heterocycles. The number of aromatic nitrogens is 3. The Morgan fingerprint density at radius 2 is 2.00 bits per heavy atom. The van der Waals surface area contributed by atoms with Gasteiger partial charge in [0.15, 0.2) is 0 Å². The number of hydrogen-bond acceptors (Lipinski definition) is 4. The summed E-state index contributed by atoms with van der Waals surface area (Å²) >= 11 is 3.11. The Morgan fingerprint density at radius 1 is 1.39 bits per heavy atom. The Balaban J connectivity index is 2.77. The zero-order chi connectivity index (χ0) is 13.3. The highest BCUT2D eigenvalue weighted by atomic mass is 79.9. The van der Waals surface area contributed by atoms with Crippen LogP contribution in [0.25, 0.3) is 5.69 Å². The van der Waals surface area contributed by atoms with Crippen molar-refractivity contribution in [3.05, 3.63) is 50.9 Å². The number of hydrogen-bond donors (Lipinski definition) is 1. The van der Waals surface area contributed by atoms with Crippen LogP contribution in [0.2, 0.25) is 0 Å². The zero-order valence-corrected chi connectivity index (χ0v) is 10.9. The molecule has 2 aromatic heterocycles. The molecule has 0 aromatic carbocycles. The van der Waals surface area contributed by atoms with Gasteiger partial charge in [0.05, 0.1) is 22.6 Å². The molecule has 2 heterocycles. The largest absolute Gasteiger partial charge is 0.477 e. The van der Waals surface area contributed by atoms with E-state index in [-0.39, 0.29) is 10.0 Å². The minimum Gasteiger partial charge on any atom is -0.477 e. The van der Waals surface area contributed by atoms with Crippen molar-refractivity contribution < 1.29 is 9.90 Å². The molecule has 0 fully saturated rings. The first-order valence-electron chi connectivity index (χ1n) is 4.93. The fourth-order valence-corrected chi connectivity index (χ4v) is 1.91. The molecular weight excluding hydrogens is 302 g/mol. The molecule has 2 rings (SSSR count). The van der Waals surface area contributed by atoms with Crippen molar-refractivity contribution in [1.82, 2.24) is 14.5 Å². The lowest BCUT2D eigenvalue weighted by molar-refractivity contribution is 0.0694. The molecule has 0 atom stereocenters. The Bertz CT molecular complexity index is 667. The van der Waals surface area contributed by atoms with E-state index in [1.54, 1.807) is 11.5 Å². The number of carboxylic acid groups (broad SMARTS) is 1. The van der Waals surface area contributed by atoms with Crippen LogP contribution in [-0.2, 0) is 0 Å². The first-order valence-corrected chi connectivity index (χ1v) is 5.72. The van der Waals surface area contributed by atoms with Gasteiger partial charge in [-0.3, -0.25) is 4.79 Å². The zero-order valence-electron chi connectivity index (χ0n) is 9.29. The van der Waals surface area contributed by atoms with Gasteiger partial charge < -0.3 is 9.67 Å². The number of rotatable bonds is 2.